The van der Waals surface area contributed by atoms with Gasteiger partial charge in [0.1, 0.15) is 19.0 Å². The Kier molecular flexibility index (Phi) is 6.70. The van der Waals surface area contributed by atoms with Crippen molar-refractivity contribution in [2.24, 2.45) is 0 Å². The second-order valence-electron chi connectivity index (χ2n) is 9.36. The molecule has 0 spiro atoms. The number of anilines is 1. The number of nitrogens with zero attached hydrogens (tertiary/aromatic N) is 1. The topological polar surface area (TPSA) is 67.9 Å². The van der Waals surface area contributed by atoms with Crippen LogP contribution in [-0.2, 0) is 6.54 Å². The molecular weight excluding hydrogens is 515 g/mol. The van der Waals surface area contributed by atoms with Gasteiger partial charge in [-0.2, -0.15) is 0 Å². The number of amides is 2. The van der Waals surface area contributed by atoms with Gasteiger partial charge in [0.15, 0.2) is 11.5 Å². The standard InChI is InChI=1S/C31H25FN2O4S/c1-19(20-10-12-26-27(17-20)38-15-14-37-26)33-30(35)21-11-13-29-25(16-21)34(18-22-6-2-4-8-24(22)32)31(36)23-7-3-5-9-28(23)39-29/h2-13,16-17,19H,14-15,18H2,1H3,(H,33,35)/t19-/m0/s1. The minimum Gasteiger partial charge on any atom is -0.486 e. The highest BCUT2D eigenvalue weighted by Crippen LogP contribution is 2.42. The molecule has 0 unspecified atom stereocenters. The Morgan fingerprint density at radius 2 is 1.72 bits per heavy atom. The molecule has 4 aromatic carbocycles. The van der Waals surface area contributed by atoms with E-state index in [9.17, 15) is 14.0 Å². The first-order valence-electron chi connectivity index (χ1n) is 12.6. The molecule has 0 saturated heterocycles. The fourth-order valence-corrected chi connectivity index (χ4v) is 5.77. The van der Waals surface area contributed by atoms with Crippen molar-refractivity contribution in [3.05, 3.63) is 113 Å². The average Bonchev–Trinajstić information content (AvgIpc) is 3.07. The van der Waals surface area contributed by atoms with Gasteiger partial charge >= 0.3 is 0 Å². The van der Waals surface area contributed by atoms with E-state index in [1.807, 2.05) is 49.4 Å². The summed E-state index contributed by atoms with van der Waals surface area (Å²) in [6.07, 6.45) is 0. The van der Waals surface area contributed by atoms with E-state index < -0.39 is 0 Å². The number of fused-ring (bicyclic) bond motifs is 3. The van der Waals surface area contributed by atoms with Crippen LogP contribution in [-0.4, -0.2) is 25.0 Å². The van der Waals surface area contributed by atoms with Gasteiger partial charge in [0.05, 0.1) is 23.8 Å². The van der Waals surface area contributed by atoms with Crippen molar-refractivity contribution < 1.29 is 23.5 Å². The number of halogens is 1. The lowest BCUT2D eigenvalue weighted by atomic mass is 10.1. The molecule has 6 rings (SSSR count). The minimum absolute atomic E-state index is 0.0338. The molecule has 2 heterocycles. The molecule has 0 fully saturated rings. The van der Waals surface area contributed by atoms with E-state index in [0.29, 0.717) is 47.1 Å². The van der Waals surface area contributed by atoms with Crippen LogP contribution in [0.3, 0.4) is 0 Å². The lowest BCUT2D eigenvalue weighted by molar-refractivity contribution is 0.0937. The molecule has 0 aliphatic carbocycles. The summed E-state index contributed by atoms with van der Waals surface area (Å²) < 4.78 is 25.9. The molecule has 4 aromatic rings. The van der Waals surface area contributed by atoms with Gasteiger partial charge in [-0.3, -0.25) is 9.59 Å². The zero-order chi connectivity index (χ0) is 26.9. The Morgan fingerprint density at radius 3 is 2.56 bits per heavy atom. The van der Waals surface area contributed by atoms with Gasteiger partial charge in [-0.1, -0.05) is 48.2 Å². The monoisotopic (exact) mass is 540 g/mol. The molecule has 2 amide bonds. The molecule has 1 N–H and O–H groups in total. The third-order valence-corrected chi connectivity index (χ3v) is 7.94. The van der Waals surface area contributed by atoms with Crippen LogP contribution in [0.15, 0.2) is 94.7 Å². The van der Waals surface area contributed by atoms with Crippen molar-refractivity contribution in [1.82, 2.24) is 5.32 Å². The number of hydrogen-bond donors (Lipinski definition) is 1. The van der Waals surface area contributed by atoms with E-state index in [1.54, 1.807) is 41.3 Å². The fraction of sp³-hybridized carbons (Fsp3) is 0.161. The first kappa shape index (κ1) is 25.0. The molecule has 0 bridgehead atoms. The van der Waals surface area contributed by atoms with Crippen LogP contribution in [0.5, 0.6) is 11.5 Å². The average molecular weight is 541 g/mol. The van der Waals surface area contributed by atoms with Crippen molar-refractivity contribution in [2.75, 3.05) is 18.1 Å². The van der Waals surface area contributed by atoms with Crippen molar-refractivity contribution in [3.8, 4) is 11.5 Å². The smallest absolute Gasteiger partial charge is 0.259 e. The summed E-state index contributed by atoms with van der Waals surface area (Å²) in [5.74, 6) is 0.419. The summed E-state index contributed by atoms with van der Waals surface area (Å²) in [7, 11) is 0. The first-order valence-corrected chi connectivity index (χ1v) is 13.5. The first-order chi connectivity index (χ1) is 19.0. The van der Waals surface area contributed by atoms with Crippen molar-refractivity contribution in [1.29, 1.82) is 0 Å². The summed E-state index contributed by atoms with van der Waals surface area (Å²) in [4.78, 5) is 30.3. The maximum Gasteiger partial charge on any atom is 0.259 e. The van der Waals surface area contributed by atoms with Crippen LogP contribution in [0.1, 0.15) is 44.8 Å². The molecule has 2 aliphatic rings. The third kappa shape index (κ3) is 4.95. The molecular formula is C31H25FN2O4S. The Morgan fingerprint density at radius 1 is 0.949 bits per heavy atom. The second-order valence-corrected chi connectivity index (χ2v) is 10.4. The van der Waals surface area contributed by atoms with Gasteiger partial charge in [-0.25, -0.2) is 4.39 Å². The molecule has 0 saturated carbocycles. The maximum atomic E-state index is 14.6. The summed E-state index contributed by atoms with van der Waals surface area (Å²) >= 11 is 1.46. The van der Waals surface area contributed by atoms with Gasteiger partial charge < -0.3 is 19.7 Å². The van der Waals surface area contributed by atoms with Crippen LogP contribution in [0, 0.1) is 5.82 Å². The Bertz CT molecular complexity index is 1590. The number of benzene rings is 4. The van der Waals surface area contributed by atoms with E-state index >= 15 is 0 Å². The largest absolute Gasteiger partial charge is 0.486 e. The van der Waals surface area contributed by atoms with Crippen LogP contribution >= 0.6 is 11.8 Å². The molecule has 0 radical (unpaired) electrons. The minimum atomic E-state index is -0.390. The third-order valence-electron chi connectivity index (χ3n) is 6.79. The highest BCUT2D eigenvalue weighted by atomic mass is 32.2. The Labute approximate surface area is 229 Å². The van der Waals surface area contributed by atoms with Crippen molar-refractivity contribution in [3.63, 3.8) is 0 Å². The van der Waals surface area contributed by atoms with E-state index in [0.717, 1.165) is 15.4 Å². The molecule has 2 aliphatic heterocycles. The van der Waals surface area contributed by atoms with Crippen LogP contribution in [0.2, 0.25) is 0 Å². The number of rotatable bonds is 5. The summed E-state index contributed by atoms with van der Waals surface area (Å²) in [6, 6.07) is 24.4. The SMILES string of the molecule is C[C@H](NC(=O)c1ccc2c(c1)N(Cc1ccccc1F)C(=O)c1ccccc1S2)c1ccc2c(c1)OCCO2. The predicted octanol–water partition coefficient (Wildman–Crippen LogP) is 6.40. The molecule has 0 aromatic heterocycles. The molecule has 6 nitrogen and oxygen atoms in total. The number of carbonyl (C=O) groups is 2. The van der Waals surface area contributed by atoms with Gasteiger partial charge in [0.2, 0.25) is 0 Å². The lowest BCUT2D eigenvalue weighted by Crippen LogP contribution is -2.31. The summed E-state index contributed by atoms with van der Waals surface area (Å²) in [5.41, 5.74) is 2.77. The normalized spacial score (nSPS) is 14.6. The Hall–Kier alpha value is -4.30. The highest BCUT2D eigenvalue weighted by molar-refractivity contribution is 7.99. The predicted molar refractivity (Wildman–Crippen MR) is 147 cm³/mol. The van der Waals surface area contributed by atoms with E-state index in [1.165, 1.54) is 17.8 Å². The number of hydrogen-bond acceptors (Lipinski definition) is 5. The maximum absolute atomic E-state index is 14.6. The van der Waals surface area contributed by atoms with Gasteiger partial charge in [-0.15, -0.1) is 0 Å². The summed E-state index contributed by atoms with van der Waals surface area (Å²) in [6.45, 7) is 2.92. The van der Waals surface area contributed by atoms with E-state index in [2.05, 4.69) is 5.32 Å². The summed E-state index contributed by atoms with van der Waals surface area (Å²) in [5, 5.41) is 3.04. The number of carbonyl (C=O) groups excluding carboxylic acids is 2. The van der Waals surface area contributed by atoms with Crippen molar-refractivity contribution >= 4 is 29.3 Å². The molecule has 8 heteroatoms. The molecule has 39 heavy (non-hydrogen) atoms. The lowest BCUT2D eigenvalue weighted by Gasteiger charge is -2.24. The second kappa shape index (κ2) is 10.5. The van der Waals surface area contributed by atoms with Crippen molar-refractivity contribution in [2.45, 2.75) is 29.3 Å². The molecule has 1 atom stereocenters. The zero-order valence-electron chi connectivity index (χ0n) is 21.1. The highest BCUT2D eigenvalue weighted by Gasteiger charge is 2.29. The van der Waals surface area contributed by atoms with Gasteiger partial charge in [-0.05, 0) is 61.0 Å². The quantitative estimate of drug-likeness (QED) is 0.317. The Balaban J connectivity index is 1.32. The zero-order valence-corrected chi connectivity index (χ0v) is 22.0. The number of nitrogens with one attached hydrogen (secondary N) is 1. The van der Waals surface area contributed by atoms with E-state index in [4.69, 9.17) is 9.47 Å². The van der Waals surface area contributed by atoms with Gasteiger partial charge in [0, 0.05) is 20.9 Å². The van der Waals surface area contributed by atoms with Gasteiger partial charge in [0.25, 0.3) is 11.8 Å². The fourth-order valence-electron chi connectivity index (χ4n) is 4.71. The van der Waals surface area contributed by atoms with E-state index in [-0.39, 0.29) is 30.2 Å². The number of ether oxygens (including phenoxy) is 2. The van der Waals surface area contributed by atoms with Crippen LogP contribution in [0.4, 0.5) is 10.1 Å². The van der Waals surface area contributed by atoms with Crippen LogP contribution in [0.25, 0.3) is 0 Å². The molecule has 196 valence electrons. The van der Waals surface area contributed by atoms with Crippen LogP contribution < -0.4 is 19.7 Å².